The minimum Gasteiger partial charge on any atom is -0.352 e. The molecule has 0 aliphatic heterocycles. The number of amides is 2. The van der Waals surface area contributed by atoms with Crippen LogP contribution in [0.5, 0.6) is 0 Å². The molecule has 0 radical (unpaired) electrons. The Labute approximate surface area is 252 Å². The van der Waals surface area contributed by atoms with Crippen molar-refractivity contribution in [1.29, 1.82) is 0 Å². The summed E-state index contributed by atoms with van der Waals surface area (Å²) in [7, 11) is -2.58. The second-order valence-electron chi connectivity index (χ2n) is 10.5. The molecule has 10 heteroatoms. The molecule has 41 heavy (non-hydrogen) atoms. The van der Waals surface area contributed by atoms with Crippen molar-refractivity contribution in [2.45, 2.75) is 62.6 Å². The van der Waals surface area contributed by atoms with E-state index in [4.69, 9.17) is 23.2 Å². The summed E-state index contributed by atoms with van der Waals surface area (Å²) in [5, 5.41) is 3.84. The van der Waals surface area contributed by atoms with Crippen LogP contribution in [0.2, 0.25) is 10.0 Å². The van der Waals surface area contributed by atoms with Crippen molar-refractivity contribution in [3.63, 3.8) is 0 Å². The maximum atomic E-state index is 14.0. The Balaban J connectivity index is 1.67. The molecule has 1 atom stereocenters. The van der Waals surface area contributed by atoms with E-state index in [0.29, 0.717) is 15.6 Å². The van der Waals surface area contributed by atoms with E-state index in [1.165, 1.54) is 24.1 Å². The topological polar surface area (TPSA) is 86.8 Å². The number of nitrogens with zero attached hydrogens (tertiary/aromatic N) is 2. The lowest BCUT2D eigenvalue weighted by molar-refractivity contribution is -0.141. The first kappa shape index (κ1) is 31.0. The van der Waals surface area contributed by atoms with Gasteiger partial charge in [0.25, 0.3) is 0 Å². The van der Waals surface area contributed by atoms with Crippen molar-refractivity contribution < 1.29 is 18.0 Å². The summed E-state index contributed by atoms with van der Waals surface area (Å²) < 4.78 is 27.6. The lowest BCUT2D eigenvalue weighted by atomic mass is 10.0. The van der Waals surface area contributed by atoms with Crippen LogP contribution in [0.3, 0.4) is 0 Å². The van der Waals surface area contributed by atoms with E-state index in [1.54, 1.807) is 30.3 Å². The van der Waals surface area contributed by atoms with Crippen LogP contribution in [0.4, 0.5) is 0 Å². The van der Waals surface area contributed by atoms with E-state index >= 15 is 0 Å². The molecule has 4 rings (SSSR count). The van der Waals surface area contributed by atoms with Crippen LogP contribution in [0.1, 0.15) is 42.4 Å². The molecule has 0 unspecified atom stereocenters. The number of aryl methyl sites for hydroxylation is 1. The first-order chi connectivity index (χ1) is 19.5. The fourth-order valence-electron chi connectivity index (χ4n) is 5.01. The standard InChI is InChI=1S/C31H35Cl2N3O4S/c1-22-12-15-26(16-13-22)41(39,40)35(2)21-30(37)36(20-24-14-17-27(32)28(33)18-24)29(19-23-8-4-3-5-9-23)31(38)34-25-10-6-7-11-25/h3-5,8-9,12-18,25,29H,6-7,10-11,19-21H2,1-2H3,(H,34,38)/t29-/m0/s1. The number of likely N-dealkylation sites (N-methyl/N-ethyl adjacent to an activating group) is 1. The average Bonchev–Trinajstić information content (AvgIpc) is 3.46. The number of carbonyl (C=O) groups is 2. The van der Waals surface area contributed by atoms with Gasteiger partial charge in [0.15, 0.2) is 0 Å². The molecule has 0 aromatic heterocycles. The Morgan fingerprint density at radius 2 is 1.59 bits per heavy atom. The zero-order chi connectivity index (χ0) is 29.6. The number of hydrogen-bond donors (Lipinski definition) is 1. The lowest BCUT2D eigenvalue weighted by Crippen LogP contribution is -2.54. The number of rotatable bonds is 11. The van der Waals surface area contributed by atoms with Crippen LogP contribution >= 0.6 is 23.2 Å². The van der Waals surface area contributed by atoms with Crippen molar-refractivity contribution in [1.82, 2.24) is 14.5 Å². The van der Waals surface area contributed by atoms with Crippen LogP contribution in [0.25, 0.3) is 0 Å². The zero-order valence-electron chi connectivity index (χ0n) is 23.2. The molecule has 2 amide bonds. The summed E-state index contributed by atoms with van der Waals surface area (Å²) in [6.45, 7) is 1.47. The summed E-state index contributed by atoms with van der Waals surface area (Å²) in [5.41, 5.74) is 2.47. The van der Waals surface area contributed by atoms with E-state index < -0.39 is 28.5 Å². The number of nitrogens with one attached hydrogen (secondary N) is 1. The summed E-state index contributed by atoms with van der Waals surface area (Å²) in [5.74, 6) is -0.769. The van der Waals surface area contributed by atoms with E-state index in [2.05, 4.69) is 5.32 Å². The fourth-order valence-corrected chi connectivity index (χ4v) is 6.45. The molecule has 0 bridgehead atoms. The number of benzene rings is 3. The number of hydrogen-bond acceptors (Lipinski definition) is 4. The molecule has 0 saturated heterocycles. The quantitative estimate of drug-likeness (QED) is 0.303. The van der Waals surface area contributed by atoms with E-state index in [1.807, 2.05) is 37.3 Å². The molecular formula is C31H35Cl2N3O4S. The minimum absolute atomic E-state index is 0.0454. The van der Waals surface area contributed by atoms with Gasteiger partial charge in [0.2, 0.25) is 21.8 Å². The Bertz CT molecular complexity index is 1460. The van der Waals surface area contributed by atoms with Crippen LogP contribution in [-0.2, 0) is 32.6 Å². The highest BCUT2D eigenvalue weighted by molar-refractivity contribution is 7.89. The lowest BCUT2D eigenvalue weighted by Gasteiger charge is -2.33. The van der Waals surface area contributed by atoms with Gasteiger partial charge in [-0.15, -0.1) is 0 Å². The van der Waals surface area contributed by atoms with Crippen molar-refractivity contribution in [2.75, 3.05) is 13.6 Å². The Morgan fingerprint density at radius 1 is 0.927 bits per heavy atom. The molecule has 3 aromatic rings. The van der Waals surface area contributed by atoms with Gasteiger partial charge in [-0.3, -0.25) is 9.59 Å². The molecule has 3 aromatic carbocycles. The average molecular weight is 617 g/mol. The zero-order valence-corrected chi connectivity index (χ0v) is 25.6. The molecular weight excluding hydrogens is 581 g/mol. The summed E-state index contributed by atoms with van der Waals surface area (Å²) in [6, 6.07) is 20.1. The van der Waals surface area contributed by atoms with Gasteiger partial charge in [-0.25, -0.2) is 8.42 Å². The Hall–Kier alpha value is -2.91. The maximum Gasteiger partial charge on any atom is 0.243 e. The van der Waals surface area contributed by atoms with Gasteiger partial charge in [-0.1, -0.05) is 90.1 Å². The van der Waals surface area contributed by atoms with Crippen molar-refractivity contribution in [3.05, 3.63) is 99.5 Å². The molecule has 1 saturated carbocycles. The largest absolute Gasteiger partial charge is 0.352 e. The van der Waals surface area contributed by atoms with Gasteiger partial charge in [0, 0.05) is 26.1 Å². The number of sulfonamides is 1. The summed E-state index contributed by atoms with van der Waals surface area (Å²) in [4.78, 5) is 29.4. The monoisotopic (exact) mass is 615 g/mol. The van der Waals surface area contributed by atoms with Gasteiger partial charge in [-0.2, -0.15) is 4.31 Å². The number of carbonyl (C=O) groups excluding carboxylic acids is 2. The van der Waals surface area contributed by atoms with Gasteiger partial charge in [-0.05, 0) is 55.2 Å². The normalized spacial score (nSPS) is 14.7. The highest BCUT2D eigenvalue weighted by Crippen LogP contribution is 2.25. The first-order valence-electron chi connectivity index (χ1n) is 13.7. The third-order valence-corrected chi connectivity index (χ3v) is 9.95. The van der Waals surface area contributed by atoms with Gasteiger partial charge in [0.1, 0.15) is 6.04 Å². The molecule has 1 N–H and O–H groups in total. The van der Waals surface area contributed by atoms with Gasteiger partial charge < -0.3 is 10.2 Å². The second-order valence-corrected chi connectivity index (χ2v) is 13.4. The first-order valence-corrected chi connectivity index (χ1v) is 15.8. The molecule has 1 aliphatic rings. The molecule has 1 fully saturated rings. The molecule has 0 heterocycles. The fraction of sp³-hybridized carbons (Fsp3) is 0.355. The van der Waals surface area contributed by atoms with Crippen LogP contribution in [-0.4, -0.2) is 55.1 Å². The van der Waals surface area contributed by atoms with E-state index in [9.17, 15) is 18.0 Å². The van der Waals surface area contributed by atoms with Crippen molar-refractivity contribution in [2.24, 2.45) is 0 Å². The SMILES string of the molecule is Cc1ccc(S(=O)(=O)N(C)CC(=O)N(Cc2ccc(Cl)c(Cl)c2)[C@@H](Cc2ccccc2)C(=O)NC2CCCC2)cc1. The third kappa shape index (κ3) is 8.10. The summed E-state index contributed by atoms with van der Waals surface area (Å²) >= 11 is 12.4. The molecule has 1 aliphatic carbocycles. The van der Waals surface area contributed by atoms with Crippen LogP contribution < -0.4 is 5.32 Å². The van der Waals surface area contributed by atoms with Crippen molar-refractivity contribution >= 4 is 45.0 Å². The second kappa shape index (κ2) is 13.8. The van der Waals surface area contributed by atoms with E-state index in [-0.39, 0.29) is 29.8 Å². The van der Waals surface area contributed by atoms with Crippen LogP contribution in [0, 0.1) is 6.92 Å². The van der Waals surface area contributed by atoms with Crippen LogP contribution in [0.15, 0.2) is 77.7 Å². The smallest absolute Gasteiger partial charge is 0.243 e. The number of halogens is 2. The molecule has 218 valence electrons. The highest BCUT2D eigenvalue weighted by atomic mass is 35.5. The maximum absolute atomic E-state index is 14.0. The van der Waals surface area contributed by atoms with Gasteiger partial charge >= 0.3 is 0 Å². The highest BCUT2D eigenvalue weighted by Gasteiger charge is 2.34. The predicted molar refractivity (Wildman–Crippen MR) is 162 cm³/mol. The van der Waals surface area contributed by atoms with E-state index in [0.717, 1.165) is 41.1 Å². The third-order valence-electron chi connectivity index (χ3n) is 7.40. The molecule has 7 nitrogen and oxygen atoms in total. The summed E-state index contributed by atoms with van der Waals surface area (Å²) in [6.07, 6.45) is 4.13. The Kier molecular flexibility index (Phi) is 10.5. The van der Waals surface area contributed by atoms with Crippen molar-refractivity contribution in [3.8, 4) is 0 Å². The predicted octanol–water partition coefficient (Wildman–Crippen LogP) is 5.62. The minimum atomic E-state index is -3.95. The van der Waals surface area contributed by atoms with Gasteiger partial charge in [0.05, 0.1) is 21.5 Å². The Morgan fingerprint density at radius 3 is 2.22 bits per heavy atom. The molecule has 0 spiro atoms.